The quantitative estimate of drug-likeness (QED) is 0.463. The lowest BCUT2D eigenvalue weighted by molar-refractivity contribution is -0.117. The molecule has 0 spiro atoms. The van der Waals surface area contributed by atoms with E-state index < -0.39 is 0 Å². The molecule has 6 nitrogen and oxygen atoms in total. The van der Waals surface area contributed by atoms with Gasteiger partial charge in [-0.05, 0) is 60.9 Å². The topological polar surface area (TPSA) is 63.6 Å². The molecule has 34 heavy (non-hydrogen) atoms. The van der Waals surface area contributed by atoms with Gasteiger partial charge in [-0.15, -0.1) is 0 Å². The minimum absolute atomic E-state index is 0.0501. The second-order valence-electron chi connectivity index (χ2n) is 8.87. The third-order valence-corrected chi connectivity index (χ3v) is 6.45. The first-order valence-electron chi connectivity index (χ1n) is 11.3. The molecule has 0 radical (unpaired) electrons. The molecule has 1 atom stereocenters. The molecule has 1 N–H and O–H groups in total. The highest BCUT2D eigenvalue weighted by molar-refractivity contribution is 6.08. The van der Waals surface area contributed by atoms with E-state index in [1.165, 1.54) is 0 Å². The summed E-state index contributed by atoms with van der Waals surface area (Å²) < 4.78 is 7.26. The van der Waals surface area contributed by atoms with Gasteiger partial charge in [-0.3, -0.25) is 9.59 Å². The van der Waals surface area contributed by atoms with Crippen LogP contribution in [0, 0.1) is 13.8 Å². The zero-order valence-corrected chi connectivity index (χ0v) is 19.8. The van der Waals surface area contributed by atoms with Crippen molar-refractivity contribution in [2.45, 2.75) is 19.9 Å². The molecule has 0 saturated carbocycles. The Bertz CT molecular complexity index is 1400. The number of nitrogens with zero attached hydrogens (tertiary/aromatic N) is 2. The number of amides is 2. The SMILES string of the molecule is COc1ccc([C@H]2c3c(n(C)c4ccccc34)C(=O)N2CC(=O)Nc2cc(C)cc(C)c2)cc1. The summed E-state index contributed by atoms with van der Waals surface area (Å²) >= 11 is 0. The number of aryl methyl sites for hydroxylation is 3. The van der Waals surface area contributed by atoms with Crippen molar-refractivity contribution in [2.24, 2.45) is 7.05 Å². The molecule has 0 unspecified atom stereocenters. The van der Waals surface area contributed by atoms with Crippen LogP contribution >= 0.6 is 0 Å². The first-order chi connectivity index (χ1) is 16.4. The van der Waals surface area contributed by atoms with Crippen molar-refractivity contribution in [3.63, 3.8) is 0 Å². The van der Waals surface area contributed by atoms with E-state index in [0.29, 0.717) is 5.69 Å². The summed E-state index contributed by atoms with van der Waals surface area (Å²) in [4.78, 5) is 28.5. The second-order valence-corrected chi connectivity index (χ2v) is 8.87. The molecule has 0 saturated heterocycles. The summed E-state index contributed by atoms with van der Waals surface area (Å²) in [5.74, 6) is 0.365. The number of fused-ring (bicyclic) bond motifs is 3. The maximum atomic E-state index is 13.7. The predicted octanol–water partition coefficient (Wildman–Crippen LogP) is 4.99. The summed E-state index contributed by atoms with van der Waals surface area (Å²) in [6.07, 6.45) is 0. The van der Waals surface area contributed by atoms with Crippen LogP contribution in [0.1, 0.15) is 38.8 Å². The molecular weight excluding hydrogens is 426 g/mol. The van der Waals surface area contributed by atoms with Crippen molar-refractivity contribution in [3.05, 3.63) is 94.7 Å². The van der Waals surface area contributed by atoms with Crippen LogP contribution in [0.2, 0.25) is 0 Å². The zero-order valence-electron chi connectivity index (χ0n) is 19.8. The molecule has 5 rings (SSSR count). The number of anilines is 1. The third kappa shape index (κ3) is 3.61. The van der Waals surface area contributed by atoms with Crippen molar-refractivity contribution >= 4 is 28.4 Å². The van der Waals surface area contributed by atoms with Crippen molar-refractivity contribution < 1.29 is 14.3 Å². The van der Waals surface area contributed by atoms with Crippen molar-refractivity contribution in [2.75, 3.05) is 19.0 Å². The molecule has 3 aromatic carbocycles. The van der Waals surface area contributed by atoms with E-state index in [2.05, 4.69) is 11.4 Å². The highest BCUT2D eigenvalue weighted by atomic mass is 16.5. The number of methoxy groups -OCH3 is 1. The van der Waals surface area contributed by atoms with Gasteiger partial charge in [0, 0.05) is 29.2 Å². The van der Waals surface area contributed by atoms with Crippen molar-refractivity contribution in [1.82, 2.24) is 9.47 Å². The van der Waals surface area contributed by atoms with E-state index in [1.54, 1.807) is 12.0 Å². The van der Waals surface area contributed by atoms with Gasteiger partial charge in [-0.2, -0.15) is 0 Å². The minimum Gasteiger partial charge on any atom is -0.497 e. The molecule has 2 amide bonds. The molecule has 2 heterocycles. The number of para-hydroxylation sites is 1. The number of rotatable bonds is 5. The monoisotopic (exact) mass is 453 g/mol. The smallest absolute Gasteiger partial charge is 0.272 e. The van der Waals surface area contributed by atoms with Crippen LogP contribution in [-0.4, -0.2) is 34.9 Å². The standard InChI is InChI=1S/C28H27N3O3/c1-17-13-18(2)15-20(14-17)29-24(32)16-31-26(19-9-11-21(34-4)12-10-19)25-22-7-5-6-8-23(22)30(3)27(25)28(31)33/h5-15,26H,16H2,1-4H3,(H,29,32)/t26-/m0/s1. The number of carbonyl (C=O) groups excluding carboxylic acids is 2. The maximum absolute atomic E-state index is 13.7. The van der Waals surface area contributed by atoms with Crippen LogP contribution in [0.5, 0.6) is 5.75 Å². The van der Waals surface area contributed by atoms with E-state index in [4.69, 9.17) is 4.74 Å². The molecule has 0 aliphatic carbocycles. The van der Waals surface area contributed by atoms with E-state index >= 15 is 0 Å². The molecule has 0 fully saturated rings. The van der Waals surface area contributed by atoms with Crippen molar-refractivity contribution in [1.29, 1.82) is 0 Å². The fourth-order valence-corrected chi connectivity index (χ4v) is 5.07. The van der Waals surface area contributed by atoms with Crippen LogP contribution in [0.25, 0.3) is 10.9 Å². The van der Waals surface area contributed by atoms with Gasteiger partial charge in [-0.1, -0.05) is 36.4 Å². The molecule has 6 heteroatoms. The van der Waals surface area contributed by atoms with Gasteiger partial charge < -0.3 is 19.5 Å². The molecular formula is C28H27N3O3. The Morgan fingerprint density at radius 1 is 1.00 bits per heavy atom. The average Bonchev–Trinajstić information content (AvgIpc) is 3.26. The normalized spacial score (nSPS) is 15.0. The Balaban J connectivity index is 1.55. The van der Waals surface area contributed by atoms with Crippen LogP contribution in [0.3, 0.4) is 0 Å². The number of ether oxygens (including phenoxy) is 1. The maximum Gasteiger partial charge on any atom is 0.272 e. The van der Waals surface area contributed by atoms with Crippen LogP contribution in [0.15, 0.2) is 66.7 Å². The zero-order chi connectivity index (χ0) is 24.0. The molecule has 1 aliphatic rings. The molecule has 4 aromatic rings. The highest BCUT2D eigenvalue weighted by Gasteiger charge is 2.42. The third-order valence-electron chi connectivity index (χ3n) is 6.45. The van der Waals surface area contributed by atoms with E-state index in [-0.39, 0.29) is 24.4 Å². The van der Waals surface area contributed by atoms with Crippen LogP contribution < -0.4 is 10.1 Å². The van der Waals surface area contributed by atoms with Gasteiger partial charge in [0.1, 0.15) is 18.0 Å². The second kappa shape index (κ2) is 8.37. The number of benzene rings is 3. The lowest BCUT2D eigenvalue weighted by atomic mass is 9.98. The summed E-state index contributed by atoms with van der Waals surface area (Å²) in [6, 6.07) is 21.2. The minimum atomic E-state index is -0.371. The number of hydrogen-bond acceptors (Lipinski definition) is 3. The summed E-state index contributed by atoms with van der Waals surface area (Å²) in [6.45, 7) is 3.94. The van der Waals surface area contributed by atoms with E-state index in [1.807, 2.05) is 86.1 Å². The number of nitrogens with one attached hydrogen (secondary N) is 1. The lowest BCUT2D eigenvalue weighted by Crippen LogP contribution is -2.37. The predicted molar refractivity (Wildman–Crippen MR) is 133 cm³/mol. The molecule has 0 bridgehead atoms. The molecule has 1 aliphatic heterocycles. The van der Waals surface area contributed by atoms with E-state index in [0.717, 1.165) is 44.6 Å². The van der Waals surface area contributed by atoms with Gasteiger partial charge in [0.2, 0.25) is 5.91 Å². The van der Waals surface area contributed by atoms with Crippen molar-refractivity contribution in [3.8, 4) is 5.75 Å². The highest BCUT2D eigenvalue weighted by Crippen LogP contribution is 2.44. The van der Waals surface area contributed by atoms with Crippen LogP contribution in [0.4, 0.5) is 5.69 Å². The first-order valence-corrected chi connectivity index (χ1v) is 11.3. The number of aromatic nitrogens is 1. The Hall–Kier alpha value is -4.06. The van der Waals surface area contributed by atoms with E-state index in [9.17, 15) is 9.59 Å². The largest absolute Gasteiger partial charge is 0.497 e. The van der Waals surface area contributed by atoms with Gasteiger partial charge in [0.25, 0.3) is 5.91 Å². The van der Waals surface area contributed by atoms with Gasteiger partial charge in [0.05, 0.1) is 13.2 Å². The lowest BCUT2D eigenvalue weighted by Gasteiger charge is -2.26. The Kier molecular flexibility index (Phi) is 5.36. The number of carbonyl (C=O) groups is 2. The molecule has 1 aromatic heterocycles. The molecule has 172 valence electrons. The average molecular weight is 454 g/mol. The summed E-state index contributed by atoms with van der Waals surface area (Å²) in [7, 11) is 3.53. The Morgan fingerprint density at radius 3 is 2.35 bits per heavy atom. The fraction of sp³-hybridized carbons (Fsp3) is 0.214. The fourth-order valence-electron chi connectivity index (χ4n) is 5.07. The summed E-state index contributed by atoms with van der Waals surface area (Å²) in [5.41, 5.74) is 6.37. The van der Waals surface area contributed by atoms with Gasteiger partial charge >= 0.3 is 0 Å². The Labute approximate surface area is 198 Å². The first kappa shape index (κ1) is 21.8. The number of hydrogen-bond donors (Lipinski definition) is 1. The van der Waals surface area contributed by atoms with Crippen LogP contribution in [-0.2, 0) is 11.8 Å². The van der Waals surface area contributed by atoms with Gasteiger partial charge in [-0.25, -0.2) is 0 Å². The Morgan fingerprint density at radius 2 is 1.68 bits per heavy atom. The van der Waals surface area contributed by atoms with Gasteiger partial charge in [0.15, 0.2) is 0 Å². The summed E-state index contributed by atoms with van der Waals surface area (Å²) in [5, 5.41) is 3.99.